The van der Waals surface area contributed by atoms with E-state index < -0.39 is 5.54 Å². The van der Waals surface area contributed by atoms with E-state index in [2.05, 4.69) is 27.0 Å². The average molecular weight is 340 g/mol. The zero-order valence-electron chi connectivity index (χ0n) is 15.7. The SMILES string of the molecule is Cc1cc(C)cc(C(=O)N(N)C(C)(C)CO[S+](C)C(C)(C)C)c1. The number of aryl methyl sites for hydroxylation is 2. The van der Waals surface area contributed by atoms with Gasteiger partial charge in [-0.05, 0) is 60.6 Å². The van der Waals surface area contributed by atoms with Crippen molar-refractivity contribution < 1.29 is 8.98 Å². The van der Waals surface area contributed by atoms with Gasteiger partial charge in [-0.1, -0.05) is 17.2 Å². The predicted molar refractivity (Wildman–Crippen MR) is 99.3 cm³/mol. The number of hydrogen-bond acceptors (Lipinski definition) is 3. The van der Waals surface area contributed by atoms with Crippen molar-refractivity contribution in [2.75, 3.05) is 12.9 Å². The van der Waals surface area contributed by atoms with Crippen molar-refractivity contribution in [2.24, 2.45) is 5.84 Å². The molecule has 5 heteroatoms. The molecule has 0 aromatic heterocycles. The van der Waals surface area contributed by atoms with Crippen molar-refractivity contribution in [3.8, 4) is 0 Å². The molecule has 0 heterocycles. The van der Waals surface area contributed by atoms with Crippen LogP contribution in [0, 0.1) is 13.8 Å². The third kappa shape index (κ3) is 5.52. The minimum atomic E-state index is -0.582. The Hall–Kier alpha value is -1.04. The van der Waals surface area contributed by atoms with E-state index in [1.165, 1.54) is 5.01 Å². The van der Waals surface area contributed by atoms with E-state index >= 15 is 0 Å². The molecule has 0 radical (unpaired) electrons. The molecule has 4 nitrogen and oxygen atoms in total. The van der Waals surface area contributed by atoms with Crippen molar-refractivity contribution in [2.45, 2.75) is 58.8 Å². The monoisotopic (exact) mass is 339 g/mol. The smallest absolute Gasteiger partial charge is 0.268 e. The van der Waals surface area contributed by atoms with Crippen LogP contribution in [-0.4, -0.2) is 34.1 Å². The number of carbonyl (C=O) groups excluding carboxylic acids is 1. The summed E-state index contributed by atoms with van der Waals surface area (Å²) in [6.45, 7) is 14.6. The topological polar surface area (TPSA) is 55.6 Å². The second-order valence-electron chi connectivity index (χ2n) is 7.69. The molecule has 1 unspecified atom stereocenters. The fourth-order valence-corrected chi connectivity index (χ4v) is 2.81. The van der Waals surface area contributed by atoms with E-state index in [4.69, 9.17) is 10.0 Å². The van der Waals surface area contributed by atoms with Crippen LogP contribution in [0.15, 0.2) is 18.2 Å². The summed E-state index contributed by atoms with van der Waals surface area (Å²) in [5.41, 5.74) is 2.14. The Morgan fingerprint density at radius 1 is 1.13 bits per heavy atom. The molecule has 0 aliphatic heterocycles. The van der Waals surface area contributed by atoms with Gasteiger partial charge in [-0.25, -0.2) is 5.84 Å². The van der Waals surface area contributed by atoms with Gasteiger partial charge in [-0.2, -0.15) is 4.18 Å². The van der Waals surface area contributed by atoms with Crippen molar-refractivity contribution in [1.82, 2.24) is 5.01 Å². The van der Waals surface area contributed by atoms with E-state index in [0.29, 0.717) is 12.2 Å². The number of rotatable bonds is 5. The Labute approximate surface area is 143 Å². The van der Waals surface area contributed by atoms with Gasteiger partial charge in [0, 0.05) is 5.56 Å². The average Bonchev–Trinajstić information content (AvgIpc) is 2.41. The van der Waals surface area contributed by atoms with Gasteiger partial charge in [-0.3, -0.25) is 9.80 Å². The number of hydrogen-bond donors (Lipinski definition) is 1. The second kappa shape index (κ2) is 7.24. The first kappa shape index (κ1) is 20.0. The third-order valence-corrected chi connectivity index (χ3v) is 5.99. The van der Waals surface area contributed by atoms with E-state index in [1.54, 1.807) is 0 Å². The van der Waals surface area contributed by atoms with Crippen LogP contribution in [0.25, 0.3) is 0 Å². The fourth-order valence-electron chi connectivity index (χ4n) is 1.99. The number of benzene rings is 1. The molecular weight excluding hydrogens is 308 g/mol. The molecule has 130 valence electrons. The fraction of sp³-hybridized carbons (Fsp3) is 0.611. The zero-order valence-corrected chi connectivity index (χ0v) is 16.5. The third-order valence-electron chi connectivity index (χ3n) is 3.79. The summed E-state index contributed by atoms with van der Waals surface area (Å²) in [5, 5.41) is 1.29. The minimum absolute atomic E-state index is 0.0766. The maximum Gasteiger partial charge on any atom is 0.268 e. The van der Waals surface area contributed by atoms with Crippen molar-refractivity contribution in [3.05, 3.63) is 34.9 Å². The molecule has 0 saturated carbocycles. The molecular formula is C18H31N2O2S+. The predicted octanol–water partition coefficient (Wildman–Crippen LogP) is 3.38. The molecule has 1 aromatic carbocycles. The molecule has 0 saturated heterocycles. The van der Waals surface area contributed by atoms with Gasteiger partial charge in [0.25, 0.3) is 5.91 Å². The highest BCUT2D eigenvalue weighted by Crippen LogP contribution is 2.22. The van der Waals surface area contributed by atoms with Gasteiger partial charge < -0.3 is 0 Å². The van der Waals surface area contributed by atoms with Gasteiger partial charge in [-0.15, -0.1) is 0 Å². The lowest BCUT2D eigenvalue weighted by Crippen LogP contribution is -2.55. The molecule has 1 rings (SSSR count). The molecule has 0 fully saturated rings. The van der Waals surface area contributed by atoms with E-state index in [-0.39, 0.29) is 21.8 Å². The van der Waals surface area contributed by atoms with E-state index in [1.807, 2.05) is 45.9 Å². The summed E-state index contributed by atoms with van der Waals surface area (Å²) in [6, 6.07) is 5.77. The molecule has 1 atom stereocenters. The lowest BCUT2D eigenvalue weighted by atomic mass is 10.0. The van der Waals surface area contributed by atoms with Crippen LogP contribution >= 0.6 is 0 Å². The summed E-state index contributed by atoms with van der Waals surface area (Å²) in [5.74, 6) is 5.95. The van der Waals surface area contributed by atoms with Crippen molar-refractivity contribution in [3.63, 3.8) is 0 Å². The lowest BCUT2D eigenvalue weighted by Gasteiger charge is -2.34. The van der Waals surface area contributed by atoms with Gasteiger partial charge in [0.05, 0.1) is 5.54 Å². The first-order valence-corrected chi connectivity index (χ1v) is 9.37. The van der Waals surface area contributed by atoms with Crippen LogP contribution in [0.1, 0.15) is 56.1 Å². The Morgan fingerprint density at radius 3 is 2.04 bits per heavy atom. The van der Waals surface area contributed by atoms with Gasteiger partial charge in [0.2, 0.25) is 0 Å². The molecule has 0 aliphatic rings. The van der Waals surface area contributed by atoms with Gasteiger partial charge in [0.1, 0.15) is 24.0 Å². The van der Waals surface area contributed by atoms with Gasteiger partial charge in [0.15, 0.2) is 4.75 Å². The van der Waals surface area contributed by atoms with Gasteiger partial charge >= 0.3 is 0 Å². The van der Waals surface area contributed by atoms with Crippen LogP contribution in [0.5, 0.6) is 0 Å². The molecule has 23 heavy (non-hydrogen) atoms. The molecule has 1 aromatic rings. The number of nitrogens with zero attached hydrogens (tertiary/aromatic N) is 1. The van der Waals surface area contributed by atoms with E-state index in [0.717, 1.165) is 11.1 Å². The number of hydrazine groups is 1. The minimum Gasteiger partial charge on any atom is -0.268 e. The summed E-state index contributed by atoms with van der Waals surface area (Å²) < 4.78 is 6.06. The summed E-state index contributed by atoms with van der Waals surface area (Å²) in [7, 11) is 0. The quantitative estimate of drug-likeness (QED) is 0.387. The Balaban J connectivity index is 2.84. The summed E-state index contributed by atoms with van der Waals surface area (Å²) in [4.78, 5) is 12.7. The molecule has 0 spiro atoms. The van der Waals surface area contributed by atoms with Crippen LogP contribution in [0.4, 0.5) is 0 Å². The van der Waals surface area contributed by atoms with Crippen molar-refractivity contribution in [1.29, 1.82) is 0 Å². The van der Waals surface area contributed by atoms with Crippen LogP contribution in [0.2, 0.25) is 0 Å². The number of amides is 1. The Morgan fingerprint density at radius 2 is 1.61 bits per heavy atom. The second-order valence-corrected chi connectivity index (χ2v) is 10.1. The Kier molecular flexibility index (Phi) is 6.30. The highest BCUT2D eigenvalue weighted by molar-refractivity contribution is 7.93. The van der Waals surface area contributed by atoms with Crippen LogP contribution in [-0.2, 0) is 15.4 Å². The number of carbonyl (C=O) groups is 1. The first-order valence-electron chi connectivity index (χ1n) is 7.81. The molecule has 2 N–H and O–H groups in total. The number of nitrogens with two attached hydrogens (primary N) is 1. The Bertz CT molecular complexity index is 544. The maximum absolute atomic E-state index is 12.7. The highest BCUT2D eigenvalue weighted by atomic mass is 32.2. The highest BCUT2D eigenvalue weighted by Gasteiger charge is 2.37. The maximum atomic E-state index is 12.7. The largest absolute Gasteiger partial charge is 0.268 e. The first-order chi connectivity index (χ1) is 10.3. The lowest BCUT2D eigenvalue weighted by molar-refractivity contribution is 0.0429. The molecule has 0 aliphatic carbocycles. The summed E-state index contributed by atoms with van der Waals surface area (Å²) >= 11 is -0.209. The van der Waals surface area contributed by atoms with E-state index in [9.17, 15) is 4.79 Å². The van der Waals surface area contributed by atoms with Crippen molar-refractivity contribution >= 4 is 17.1 Å². The molecule has 0 bridgehead atoms. The standard InChI is InChI=1S/C18H31N2O2S/c1-13-9-14(2)11-15(10-13)16(21)20(19)18(6,7)12-22-23(8)17(3,4)5/h9-11H,12,19H2,1-8H3/q+1. The molecule has 1 amide bonds. The summed E-state index contributed by atoms with van der Waals surface area (Å²) in [6.07, 6.45) is 2.07. The zero-order chi connectivity index (χ0) is 18.0. The van der Waals surface area contributed by atoms with Crippen LogP contribution in [0.3, 0.4) is 0 Å². The normalized spacial score (nSPS) is 13.8. The van der Waals surface area contributed by atoms with Crippen LogP contribution < -0.4 is 5.84 Å².